The zero-order valence-corrected chi connectivity index (χ0v) is 11.2. The molecule has 102 valence electrons. The van der Waals surface area contributed by atoms with E-state index in [0.29, 0.717) is 25.4 Å². The molecule has 6 heteroatoms. The third kappa shape index (κ3) is 5.29. The number of nitrogens with zero attached hydrogens (tertiary/aromatic N) is 2. The van der Waals surface area contributed by atoms with Gasteiger partial charge in [0.2, 0.25) is 0 Å². The van der Waals surface area contributed by atoms with Crippen LogP contribution in [0.2, 0.25) is 0 Å². The van der Waals surface area contributed by atoms with Gasteiger partial charge in [-0.1, -0.05) is 0 Å². The van der Waals surface area contributed by atoms with E-state index in [1.807, 2.05) is 13.0 Å². The normalized spacial score (nSPS) is 14.0. The molecule has 1 unspecified atom stereocenters. The molecule has 18 heavy (non-hydrogen) atoms. The zero-order valence-electron chi connectivity index (χ0n) is 11.2. The lowest BCUT2D eigenvalue weighted by Crippen LogP contribution is -2.34. The summed E-state index contributed by atoms with van der Waals surface area (Å²) in [5.74, 6) is 1.46. The van der Waals surface area contributed by atoms with Gasteiger partial charge in [-0.25, -0.2) is 9.97 Å². The van der Waals surface area contributed by atoms with Crippen molar-refractivity contribution in [2.75, 3.05) is 37.4 Å². The van der Waals surface area contributed by atoms with Crippen molar-refractivity contribution in [1.82, 2.24) is 9.97 Å². The van der Waals surface area contributed by atoms with Crippen LogP contribution in [-0.4, -0.2) is 47.5 Å². The third-order valence-corrected chi connectivity index (χ3v) is 2.52. The van der Waals surface area contributed by atoms with Gasteiger partial charge in [0, 0.05) is 39.3 Å². The van der Waals surface area contributed by atoms with Gasteiger partial charge in [-0.3, -0.25) is 0 Å². The van der Waals surface area contributed by atoms with Crippen LogP contribution in [0.25, 0.3) is 0 Å². The molecule has 0 saturated heterocycles. The lowest BCUT2D eigenvalue weighted by atomic mass is 10.0. The summed E-state index contributed by atoms with van der Waals surface area (Å²) in [5.41, 5.74) is -0.820. The van der Waals surface area contributed by atoms with Gasteiger partial charge in [-0.15, -0.1) is 0 Å². The van der Waals surface area contributed by atoms with Crippen molar-refractivity contribution < 1.29 is 9.84 Å². The van der Waals surface area contributed by atoms with Gasteiger partial charge in [0.25, 0.3) is 0 Å². The van der Waals surface area contributed by atoms with Crippen molar-refractivity contribution in [2.24, 2.45) is 0 Å². The van der Waals surface area contributed by atoms with E-state index >= 15 is 0 Å². The molecule has 1 heterocycles. The Balaban J connectivity index is 2.49. The SMILES string of the molecule is CCNc1cc(NCC(C)(O)CCOC)ncn1. The first-order valence-corrected chi connectivity index (χ1v) is 6.08. The summed E-state index contributed by atoms with van der Waals surface area (Å²) in [5, 5.41) is 16.3. The lowest BCUT2D eigenvalue weighted by molar-refractivity contribution is 0.0357. The van der Waals surface area contributed by atoms with Crippen LogP contribution < -0.4 is 10.6 Å². The van der Waals surface area contributed by atoms with E-state index in [1.165, 1.54) is 6.33 Å². The minimum Gasteiger partial charge on any atom is -0.388 e. The van der Waals surface area contributed by atoms with Crippen molar-refractivity contribution in [3.05, 3.63) is 12.4 Å². The molecular formula is C12H22N4O2. The van der Waals surface area contributed by atoms with Crippen LogP contribution in [0.15, 0.2) is 12.4 Å². The number of hydrogen-bond donors (Lipinski definition) is 3. The number of aliphatic hydroxyl groups is 1. The molecule has 0 saturated carbocycles. The molecule has 0 aliphatic rings. The fourth-order valence-electron chi connectivity index (χ4n) is 1.42. The number of hydrogen-bond acceptors (Lipinski definition) is 6. The first-order chi connectivity index (χ1) is 8.57. The Morgan fingerprint density at radius 2 is 2.00 bits per heavy atom. The molecule has 0 radical (unpaired) electrons. The van der Waals surface area contributed by atoms with E-state index < -0.39 is 5.60 Å². The molecule has 1 aromatic heterocycles. The largest absolute Gasteiger partial charge is 0.388 e. The summed E-state index contributed by atoms with van der Waals surface area (Å²) >= 11 is 0. The fraction of sp³-hybridized carbons (Fsp3) is 0.667. The van der Waals surface area contributed by atoms with Gasteiger partial charge in [-0.05, 0) is 13.8 Å². The molecular weight excluding hydrogens is 232 g/mol. The number of ether oxygens (including phenoxy) is 1. The van der Waals surface area contributed by atoms with Crippen molar-refractivity contribution >= 4 is 11.6 Å². The van der Waals surface area contributed by atoms with E-state index in [4.69, 9.17) is 4.74 Å². The van der Waals surface area contributed by atoms with Gasteiger partial charge in [0.15, 0.2) is 0 Å². The maximum absolute atomic E-state index is 10.1. The van der Waals surface area contributed by atoms with E-state index in [9.17, 15) is 5.11 Å². The van der Waals surface area contributed by atoms with Crippen molar-refractivity contribution in [3.8, 4) is 0 Å². The van der Waals surface area contributed by atoms with Crippen molar-refractivity contribution in [1.29, 1.82) is 0 Å². The second-order valence-electron chi connectivity index (χ2n) is 4.41. The van der Waals surface area contributed by atoms with Crippen LogP contribution >= 0.6 is 0 Å². The van der Waals surface area contributed by atoms with E-state index in [0.717, 1.165) is 12.4 Å². The predicted octanol–water partition coefficient (Wildman–Crippen LogP) is 1.11. The number of anilines is 2. The highest BCUT2D eigenvalue weighted by Crippen LogP contribution is 2.13. The van der Waals surface area contributed by atoms with Crippen molar-refractivity contribution in [2.45, 2.75) is 25.9 Å². The second-order valence-corrected chi connectivity index (χ2v) is 4.41. The molecule has 1 rings (SSSR count). The third-order valence-electron chi connectivity index (χ3n) is 2.52. The molecule has 0 aromatic carbocycles. The van der Waals surface area contributed by atoms with Gasteiger partial charge in [0.05, 0.1) is 5.60 Å². The summed E-state index contributed by atoms with van der Waals surface area (Å²) in [6.07, 6.45) is 2.06. The molecule has 0 aliphatic carbocycles. The van der Waals surface area contributed by atoms with E-state index in [2.05, 4.69) is 20.6 Å². The van der Waals surface area contributed by atoms with Gasteiger partial charge < -0.3 is 20.5 Å². The molecule has 0 bridgehead atoms. The molecule has 0 fully saturated rings. The van der Waals surface area contributed by atoms with Gasteiger partial charge in [0.1, 0.15) is 18.0 Å². The maximum atomic E-state index is 10.1. The summed E-state index contributed by atoms with van der Waals surface area (Å²) in [6, 6.07) is 1.82. The van der Waals surface area contributed by atoms with Crippen LogP contribution in [0, 0.1) is 0 Å². The molecule has 6 nitrogen and oxygen atoms in total. The fourth-order valence-corrected chi connectivity index (χ4v) is 1.42. The highest BCUT2D eigenvalue weighted by molar-refractivity contribution is 5.46. The maximum Gasteiger partial charge on any atom is 0.131 e. The Kier molecular flexibility index (Phi) is 5.80. The molecule has 1 atom stereocenters. The van der Waals surface area contributed by atoms with Crippen molar-refractivity contribution in [3.63, 3.8) is 0 Å². The average molecular weight is 254 g/mol. The summed E-state index contributed by atoms with van der Waals surface area (Å²) in [7, 11) is 1.62. The number of aromatic nitrogens is 2. The minimum absolute atomic E-state index is 0.416. The Labute approximate surface area is 108 Å². The van der Waals surface area contributed by atoms with Crippen LogP contribution in [0.5, 0.6) is 0 Å². The average Bonchev–Trinajstić information content (AvgIpc) is 2.35. The first kappa shape index (κ1) is 14.7. The monoisotopic (exact) mass is 254 g/mol. The zero-order chi connectivity index (χ0) is 13.4. The van der Waals surface area contributed by atoms with E-state index in [-0.39, 0.29) is 0 Å². The molecule has 0 spiro atoms. The van der Waals surface area contributed by atoms with Crippen LogP contribution in [0.1, 0.15) is 20.3 Å². The summed E-state index contributed by atoms with van der Waals surface area (Å²) in [6.45, 7) is 5.53. The molecule has 1 aromatic rings. The number of rotatable bonds is 8. The summed E-state index contributed by atoms with van der Waals surface area (Å²) < 4.78 is 4.96. The first-order valence-electron chi connectivity index (χ1n) is 6.08. The quantitative estimate of drug-likeness (QED) is 0.645. The number of methoxy groups -OCH3 is 1. The summed E-state index contributed by atoms with van der Waals surface area (Å²) in [4.78, 5) is 8.18. The van der Waals surface area contributed by atoms with E-state index in [1.54, 1.807) is 14.0 Å². The highest BCUT2D eigenvalue weighted by atomic mass is 16.5. The number of nitrogens with one attached hydrogen (secondary N) is 2. The predicted molar refractivity (Wildman–Crippen MR) is 71.8 cm³/mol. The topological polar surface area (TPSA) is 79.3 Å². The molecule has 3 N–H and O–H groups in total. The van der Waals surface area contributed by atoms with Gasteiger partial charge >= 0.3 is 0 Å². The van der Waals surface area contributed by atoms with Crippen LogP contribution in [0.4, 0.5) is 11.6 Å². The van der Waals surface area contributed by atoms with Crippen LogP contribution in [0.3, 0.4) is 0 Å². The van der Waals surface area contributed by atoms with Crippen LogP contribution in [-0.2, 0) is 4.74 Å². The second kappa shape index (κ2) is 7.13. The Bertz CT molecular complexity index is 358. The standard InChI is InChI=1S/C12H22N4O2/c1-4-13-10-7-11(16-9-15-10)14-8-12(2,17)5-6-18-3/h7,9,17H,4-6,8H2,1-3H3,(H2,13,14,15,16). The molecule has 0 aliphatic heterocycles. The van der Waals surface area contributed by atoms with Gasteiger partial charge in [-0.2, -0.15) is 0 Å². The molecule has 0 amide bonds. The smallest absolute Gasteiger partial charge is 0.131 e. The lowest BCUT2D eigenvalue weighted by Gasteiger charge is -2.23. The Morgan fingerprint density at radius 3 is 2.61 bits per heavy atom. The minimum atomic E-state index is -0.820. The highest BCUT2D eigenvalue weighted by Gasteiger charge is 2.19. The Hall–Kier alpha value is -1.40. The Morgan fingerprint density at radius 1 is 1.33 bits per heavy atom.